The van der Waals surface area contributed by atoms with Crippen LogP contribution in [0.2, 0.25) is 0 Å². The standard InChI is InChI=1S/C24H31N5O2.HI/c1-5-25-24(26-14-13-18-11-12-21(30-3)22(15-18)31-4)29(2)17-23-27-16-20(28-23)19-9-7-6-8-10-19;/h6-12,15-16H,5,13-14,17H2,1-4H3,(H,25,26)(H,27,28);1H. The van der Waals surface area contributed by atoms with Crippen molar-refractivity contribution in [1.29, 1.82) is 0 Å². The van der Waals surface area contributed by atoms with E-state index in [0.717, 1.165) is 53.1 Å². The number of rotatable bonds is 9. The lowest BCUT2D eigenvalue weighted by atomic mass is 10.1. The third kappa shape index (κ3) is 6.88. The van der Waals surface area contributed by atoms with Gasteiger partial charge in [-0.2, -0.15) is 0 Å². The summed E-state index contributed by atoms with van der Waals surface area (Å²) in [5.74, 6) is 3.21. The molecule has 2 N–H and O–H groups in total. The third-order valence-corrected chi connectivity index (χ3v) is 4.91. The van der Waals surface area contributed by atoms with Crippen molar-refractivity contribution in [2.75, 3.05) is 34.4 Å². The number of benzene rings is 2. The zero-order valence-corrected chi connectivity index (χ0v) is 21.4. The van der Waals surface area contributed by atoms with E-state index in [9.17, 15) is 0 Å². The highest BCUT2D eigenvalue weighted by Crippen LogP contribution is 2.27. The maximum absolute atomic E-state index is 5.39. The summed E-state index contributed by atoms with van der Waals surface area (Å²) in [6.07, 6.45) is 2.68. The summed E-state index contributed by atoms with van der Waals surface area (Å²) in [6, 6.07) is 16.2. The molecule has 0 aliphatic carbocycles. The number of imidazole rings is 1. The molecule has 0 aliphatic heterocycles. The molecule has 3 rings (SSSR count). The van der Waals surface area contributed by atoms with Crippen LogP contribution in [0.3, 0.4) is 0 Å². The molecule has 1 aromatic heterocycles. The van der Waals surface area contributed by atoms with Gasteiger partial charge in [-0.05, 0) is 36.6 Å². The summed E-state index contributed by atoms with van der Waals surface area (Å²) in [5.41, 5.74) is 3.29. The smallest absolute Gasteiger partial charge is 0.194 e. The van der Waals surface area contributed by atoms with Crippen LogP contribution in [0.15, 0.2) is 59.7 Å². The van der Waals surface area contributed by atoms with Crippen molar-refractivity contribution in [3.05, 3.63) is 66.1 Å². The van der Waals surface area contributed by atoms with Gasteiger partial charge in [0.15, 0.2) is 17.5 Å². The molecule has 172 valence electrons. The highest BCUT2D eigenvalue weighted by molar-refractivity contribution is 14.0. The Hall–Kier alpha value is -2.75. The molecule has 0 saturated heterocycles. The predicted molar refractivity (Wildman–Crippen MR) is 140 cm³/mol. The van der Waals surface area contributed by atoms with Crippen molar-refractivity contribution in [3.8, 4) is 22.8 Å². The molecular weight excluding hydrogens is 517 g/mol. The number of nitrogens with zero attached hydrogens (tertiary/aromatic N) is 3. The number of halogens is 1. The molecule has 3 aromatic rings. The molecule has 0 spiro atoms. The van der Waals surface area contributed by atoms with Gasteiger partial charge in [-0.15, -0.1) is 24.0 Å². The Morgan fingerprint density at radius 2 is 1.84 bits per heavy atom. The van der Waals surface area contributed by atoms with Crippen molar-refractivity contribution >= 4 is 29.9 Å². The highest BCUT2D eigenvalue weighted by atomic mass is 127. The summed E-state index contributed by atoms with van der Waals surface area (Å²) in [7, 11) is 5.31. The summed E-state index contributed by atoms with van der Waals surface area (Å²) in [6.45, 7) is 4.16. The van der Waals surface area contributed by atoms with Crippen LogP contribution in [-0.2, 0) is 13.0 Å². The quantitative estimate of drug-likeness (QED) is 0.236. The maximum atomic E-state index is 5.39. The molecular formula is C24H32IN5O2. The number of ether oxygens (including phenoxy) is 2. The lowest BCUT2D eigenvalue weighted by Crippen LogP contribution is -2.38. The van der Waals surface area contributed by atoms with Gasteiger partial charge in [0.25, 0.3) is 0 Å². The van der Waals surface area contributed by atoms with Crippen LogP contribution in [0.1, 0.15) is 18.3 Å². The fourth-order valence-electron chi connectivity index (χ4n) is 3.30. The van der Waals surface area contributed by atoms with Gasteiger partial charge in [-0.3, -0.25) is 4.99 Å². The van der Waals surface area contributed by atoms with E-state index in [4.69, 9.17) is 14.5 Å². The number of H-pyrrole nitrogens is 1. The molecule has 7 nitrogen and oxygen atoms in total. The first kappa shape index (κ1) is 25.5. The van der Waals surface area contributed by atoms with E-state index < -0.39 is 0 Å². The second kappa shape index (κ2) is 12.9. The molecule has 0 unspecified atom stereocenters. The minimum Gasteiger partial charge on any atom is -0.493 e. The van der Waals surface area contributed by atoms with Crippen molar-refractivity contribution in [3.63, 3.8) is 0 Å². The molecule has 0 fully saturated rings. The van der Waals surface area contributed by atoms with Crippen LogP contribution in [0, 0.1) is 0 Å². The molecule has 2 aromatic carbocycles. The zero-order chi connectivity index (χ0) is 22.1. The lowest BCUT2D eigenvalue weighted by molar-refractivity contribution is 0.354. The molecule has 8 heteroatoms. The molecule has 0 aliphatic rings. The van der Waals surface area contributed by atoms with E-state index in [1.807, 2.05) is 49.6 Å². The number of guanidine groups is 1. The molecule has 0 atom stereocenters. The number of hydrogen-bond donors (Lipinski definition) is 2. The van der Waals surface area contributed by atoms with Crippen LogP contribution in [0.5, 0.6) is 11.5 Å². The normalized spacial score (nSPS) is 10.9. The molecule has 1 heterocycles. The van der Waals surface area contributed by atoms with Crippen LogP contribution in [0.25, 0.3) is 11.3 Å². The second-order valence-electron chi connectivity index (χ2n) is 7.14. The van der Waals surface area contributed by atoms with Crippen molar-refractivity contribution in [2.45, 2.75) is 19.9 Å². The number of aromatic nitrogens is 2. The number of methoxy groups -OCH3 is 2. The summed E-state index contributed by atoms with van der Waals surface area (Å²) in [5, 5.41) is 3.36. The first-order chi connectivity index (χ1) is 15.1. The molecule has 32 heavy (non-hydrogen) atoms. The topological polar surface area (TPSA) is 74.8 Å². The number of aliphatic imine (C=N–C) groups is 1. The number of aromatic amines is 1. The minimum absolute atomic E-state index is 0. The van der Waals surface area contributed by atoms with Crippen LogP contribution in [0.4, 0.5) is 0 Å². The van der Waals surface area contributed by atoms with Crippen LogP contribution < -0.4 is 14.8 Å². The van der Waals surface area contributed by atoms with Gasteiger partial charge >= 0.3 is 0 Å². The Balaban J connectivity index is 0.00000363. The van der Waals surface area contributed by atoms with Gasteiger partial charge < -0.3 is 24.7 Å². The van der Waals surface area contributed by atoms with Crippen LogP contribution >= 0.6 is 24.0 Å². The van der Waals surface area contributed by atoms with Gasteiger partial charge in [0, 0.05) is 20.1 Å². The van der Waals surface area contributed by atoms with Gasteiger partial charge in [0.05, 0.1) is 32.7 Å². The van der Waals surface area contributed by atoms with Gasteiger partial charge in [-0.25, -0.2) is 4.98 Å². The molecule has 0 bridgehead atoms. The largest absolute Gasteiger partial charge is 0.493 e. The minimum atomic E-state index is 0. The number of nitrogens with one attached hydrogen (secondary N) is 2. The monoisotopic (exact) mass is 549 g/mol. The first-order valence-electron chi connectivity index (χ1n) is 10.4. The third-order valence-electron chi connectivity index (χ3n) is 4.91. The maximum Gasteiger partial charge on any atom is 0.194 e. The number of hydrogen-bond acceptors (Lipinski definition) is 4. The second-order valence-corrected chi connectivity index (χ2v) is 7.14. The van der Waals surface area contributed by atoms with Gasteiger partial charge in [-0.1, -0.05) is 36.4 Å². The first-order valence-corrected chi connectivity index (χ1v) is 10.4. The average molecular weight is 549 g/mol. The van der Waals surface area contributed by atoms with E-state index in [1.54, 1.807) is 14.2 Å². The zero-order valence-electron chi connectivity index (χ0n) is 19.1. The van der Waals surface area contributed by atoms with E-state index >= 15 is 0 Å². The molecule has 0 amide bonds. The Kier molecular flexibility index (Phi) is 10.3. The van der Waals surface area contributed by atoms with Gasteiger partial charge in [0.1, 0.15) is 5.82 Å². The van der Waals surface area contributed by atoms with Crippen molar-refractivity contribution in [2.24, 2.45) is 4.99 Å². The van der Waals surface area contributed by atoms with Crippen molar-refractivity contribution < 1.29 is 9.47 Å². The van der Waals surface area contributed by atoms with E-state index in [1.165, 1.54) is 0 Å². The van der Waals surface area contributed by atoms with Crippen molar-refractivity contribution in [1.82, 2.24) is 20.2 Å². The van der Waals surface area contributed by atoms with Crippen LogP contribution in [-0.4, -0.2) is 55.2 Å². The molecule has 0 saturated carbocycles. The van der Waals surface area contributed by atoms with E-state index in [2.05, 4.69) is 39.2 Å². The SMILES string of the molecule is CCNC(=NCCc1ccc(OC)c(OC)c1)N(C)Cc1ncc(-c2ccccc2)[nH]1.I. The fourth-order valence-corrected chi connectivity index (χ4v) is 3.30. The Morgan fingerprint density at radius 1 is 1.09 bits per heavy atom. The van der Waals surface area contributed by atoms with Gasteiger partial charge in [0.2, 0.25) is 0 Å². The fraction of sp³-hybridized carbons (Fsp3) is 0.333. The Labute approximate surface area is 207 Å². The summed E-state index contributed by atoms with van der Waals surface area (Å²) in [4.78, 5) is 14.8. The van der Waals surface area contributed by atoms with E-state index in [0.29, 0.717) is 13.1 Å². The lowest BCUT2D eigenvalue weighted by Gasteiger charge is -2.21. The highest BCUT2D eigenvalue weighted by Gasteiger charge is 2.10. The Bertz CT molecular complexity index is 991. The van der Waals surface area contributed by atoms with E-state index in [-0.39, 0.29) is 24.0 Å². The predicted octanol–water partition coefficient (Wildman–Crippen LogP) is 4.35. The average Bonchev–Trinajstić information content (AvgIpc) is 3.27. The Morgan fingerprint density at radius 3 is 2.53 bits per heavy atom. The summed E-state index contributed by atoms with van der Waals surface area (Å²) < 4.78 is 10.7. The summed E-state index contributed by atoms with van der Waals surface area (Å²) >= 11 is 0. The molecule has 0 radical (unpaired) electrons.